The van der Waals surface area contributed by atoms with Gasteiger partial charge in [0.25, 0.3) is 0 Å². The molecular formula is C12H16O. The summed E-state index contributed by atoms with van der Waals surface area (Å²) in [7, 11) is 0. The number of carbonyl (C=O) groups is 1. The molecule has 1 aromatic rings. The first-order valence-electron chi connectivity index (χ1n) is 4.46. The molecule has 1 rings (SSSR count). The molecule has 0 aliphatic carbocycles. The van der Waals surface area contributed by atoms with Crippen LogP contribution in [0.15, 0.2) is 36.9 Å². The number of hydrogen-bond donors (Lipinski definition) is 0. The van der Waals surface area contributed by atoms with Crippen LogP contribution in [0.3, 0.4) is 0 Å². The van der Waals surface area contributed by atoms with Crippen molar-refractivity contribution < 1.29 is 4.79 Å². The minimum atomic E-state index is 0.708. The average molecular weight is 176 g/mol. The van der Waals surface area contributed by atoms with Crippen LogP contribution in [0.5, 0.6) is 0 Å². The summed E-state index contributed by atoms with van der Waals surface area (Å²) in [5.74, 6) is 0. The smallest absolute Gasteiger partial charge is 0.119 e. The van der Waals surface area contributed by atoms with Crippen molar-refractivity contribution in [2.45, 2.75) is 19.8 Å². The average Bonchev–Trinajstić information content (AvgIpc) is 2.21. The first kappa shape index (κ1) is 11.6. The monoisotopic (exact) mass is 176 g/mol. The Balaban J connectivity index is 0.000000252. The molecule has 0 radical (unpaired) electrons. The van der Waals surface area contributed by atoms with Crippen LogP contribution in [0.1, 0.15) is 25.3 Å². The van der Waals surface area contributed by atoms with Crippen LogP contribution in [-0.2, 0) is 4.79 Å². The van der Waals surface area contributed by atoms with Crippen molar-refractivity contribution in [3.05, 3.63) is 42.5 Å². The maximum absolute atomic E-state index is 9.40. The Morgan fingerprint density at radius 2 is 1.92 bits per heavy atom. The van der Waals surface area contributed by atoms with E-state index in [2.05, 4.69) is 6.58 Å². The second-order valence-corrected chi connectivity index (χ2v) is 2.57. The van der Waals surface area contributed by atoms with Crippen molar-refractivity contribution >= 4 is 12.4 Å². The van der Waals surface area contributed by atoms with Gasteiger partial charge in [-0.25, -0.2) is 0 Å². The molecule has 0 saturated carbocycles. The number of unbranched alkanes of at least 4 members (excludes halogenated alkanes) is 1. The summed E-state index contributed by atoms with van der Waals surface area (Å²) in [5, 5.41) is 0. The predicted molar refractivity (Wildman–Crippen MR) is 57.5 cm³/mol. The molecule has 0 aliphatic rings. The summed E-state index contributed by atoms with van der Waals surface area (Å²) < 4.78 is 0. The molecule has 0 heterocycles. The highest BCUT2D eigenvalue weighted by atomic mass is 16.1. The molecule has 0 bridgehead atoms. The number of carbonyl (C=O) groups excluding carboxylic acids is 1. The van der Waals surface area contributed by atoms with Gasteiger partial charge in [0.2, 0.25) is 0 Å². The number of rotatable bonds is 3. The van der Waals surface area contributed by atoms with Crippen LogP contribution >= 0.6 is 0 Å². The van der Waals surface area contributed by atoms with E-state index in [4.69, 9.17) is 0 Å². The van der Waals surface area contributed by atoms with Gasteiger partial charge in [-0.15, -0.1) is 0 Å². The highest BCUT2D eigenvalue weighted by Gasteiger charge is 1.75. The first-order valence-corrected chi connectivity index (χ1v) is 4.46. The molecule has 0 spiro atoms. The molecule has 0 saturated heterocycles. The van der Waals surface area contributed by atoms with Crippen LogP contribution in [0.2, 0.25) is 0 Å². The van der Waals surface area contributed by atoms with Crippen molar-refractivity contribution in [2.75, 3.05) is 0 Å². The lowest BCUT2D eigenvalue weighted by atomic mass is 10.2. The number of hydrogen-bond acceptors (Lipinski definition) is 1. The third-order valence-electron chi connectivity index (χ3n) is 1.44. The molecule has 1 nitrogen and oxygen atoms in total. The first-order chi connectivity index (χ1) is 6.35. The van der Waals surface area contributed by atoms with Gasteiger partial charge in [-0.3, -0.25) is 0 Å². The van der Waals surface area contributed by atoms with Gasteiger partial charge in [-0.2, -0.15) is 0 Å². The van der Waals surface area contributed by atoms with Crippen molar-refractivity contribution in [1.82, 2.24) is 0 Å². The van der Waals surface area contributed by atoms with E-state index in [1.165, 1.54) is 5.56 Å². The molecule has 70 valence electrons. The fourth-order valence-corrected chi connectivity index (χ4v) is 0.707. The van der Waals surface area contributed by atoms with Crippen molar-refractivity contribution in [1.29, 1.82) is 0 Å². The Bertz CT molecular complexity index is 226. The van der Waals surface area contributed by atoms with E-state index in [0.717, 1.165) is 12.7 Å². The number of benzene rings is 1. The van der Waals surface area contributed by atoms with Gasteiger partial charge >= 0.3 is 0 Å². The molecule has 1 aromatic carbocycles. The molecule has 0 unspecified atom stereocenters. The van der Waals surface area contributed by atoms with E-state index in [9.17, 15) is 4.79 Å². The zero-order chi connectivity index (χ0) is 9.94. The Morgan fingerprint density at radius 3 is 2.15 bits per heavy atom. The number of aldehydes is 1. The molecule has 0 amide bonds. The summed E-state index contributed by atoms with van der Waals surface area (Å²) in [4.78, 5) is 9.40. The van der Waals surface area contributed by atoms with E-state index in [-0.39, 0.29) is 0 Å². The molecular weight excluding hydrogens is 160 g/mol. The molecule has 0 aromatic heterocycles. The normalized spacial score (nSPS) is 8.08. The zero-order valence-corrected chi connectivity index (χ0v) is 8.07. The Hall–Kier alpha value is -1.37. The fourth-order valence-electron chi connectivity index (χ4n) is 0.707. The van der Waals surface area contributed by atoms with Gasteiger partial charge < -0.3 is 4.79 Å². The van der Waals surface area contributed by atoms with Gasteiger partial charge in [0.05, 0.1) is 0 Å². The zero-order valence-electron chi connectivity index (χ0n) is 8.07. The minimum absolute atomic E-state index is 0.708. The lowest BCUT2D eigenvalue weighted by Gasteiger charge is -1.85. The highest BCUT2D eigenvalue weighted by Crippen LogP contribution is 1.97. The van der Waals surface area contributed by atoms with Crippen molar-refractivity contribution in [2.24, 2.45) is 0 Å². The third kappa shape index (κ3) is 7.01. The summed E-state index contributed by atoms with van der Waals surface area (Å²) in [6.45, 7) is 5.61. The maximum atomic E-state index is 9.40. The Labute approximate surface area is 80.1 Å². The van der Waals surface area contributed by atoms with Crippen LogP contribution in [-0.4, -0.2) is 6.29 Å². The van der Waals surface area contributed by atoms with E-state index >= 15 is 0 Å². The van der Waals surface area contributed by atoms with Gasteiger partial charge in [0.15, 0.2) is 0 Å². The lowest BCUT2D eigenvalue weighted by Crippen LogP contribution is -1.64. The van der Waals surface area contributed by atoms with Crippen LogP contribution in [0.4, 0.5) is 0 Å². The van der Waals surface area contributed by atoms with Gasteiger partial charge in [-0.1, -0.05) is 49.9 Å². The second kappa shape index (κ2) is 8.72. The topological polar surface area (TPSA) is 17.1 Å². The Kier molecular flexibility index (Phi) is 7.80. The largest absolute Gasteiger partial charge is 0.303 e. The van der Waals surface area contributed by atoms with Crippen molar-refractivity contribution in [3.63, 3.8) is 0 Å². The van der Waals surface area contributed by atoms with Gasteiger partial charge in [0.1, 0.15) is 6.29 Å². The van der Waals surface area contributed by atoms with E-state index < -0.39 is 0 Å². The van der Waals surface area contributed by atoms with Crippen molar-refractivity contribution in [3.8, 4) is 0 Å². The second-order valence-electron chi connectivity index (χ2n) is 2.57. The summed E-state index contributed by atoms with van der Waals surface area (Å²) in [6.07, 6.45) is 4.45. The SMILES string of the molecule is C=Cc1ccccc1.CCCC=O. The van der Waals surface area contributed by atoms with Gasteiger partial charge in [-0.05, 0) is 12.0 Å². The molecule has 13 heavy (non-hydrogen) atoms. The minimum Gasteiger partial charge on any atom is -0.303 e. The lowest BCUT2D eigenvalue weighted by molar-refractivity contribution is -0.107. The summed E-state index contributed by atoms with van der Waals surface area (Å²) in [6, 6.07) is 10.0. The molecule has 0 atom stereocenters. The molecule has 0 N–H and O–H groups in total. The van der Waals surface area contributed by atoms with Crippen LogP contribution in [0, 0.1) is 0 Å². The van der Waals surface area contributed by atoms with E-state index in [0.29, 0.717) is 6.42 Å². The third-order valence-corrected chi connectivity index (χ3v) is 1.44. The van der Waals surface area contributed by atoms with Gasteiger partial charge in [0, 0.05) is 6.42 Å². The summed E-state index contributed by atoms with van der Waals surface area (Å²) in [5.41, 5.74) is 1.17. The van der Waals surface area contributed by atoms with E-state index in [1.54, 1.807) is 0 Å². The quantitative estimate of drug-likeness (QED) is 0.646. The van der Waals surface area contributed by atoms with Crippen LogP contribution < -0.4 is 0 Å². The predicted octanol–water partition coefficient (Wildman–Crippen LogP) is 3.32. The highest BCUT2D eigenvalue weighted by molar-refractivity contribution is 5.48. The van der Waals surface area contributed by atoms with Crippen LogP contribution in [0.25, 0.3) is 6.08 Å². The molecule has 0 aliphatic heterocycles. The maximum Gasteiger partial charge on any atom is 0.119 e. The van der Waals surface area contributed by atoms with E-state index in [1.807, 2.05) is 43.3 Å². The fraction of sp³-hybridized carbons (Fsp3) is 0.250. The Morgan fingerprint density at radius 1 is 1.31 bits per heavy atom. The molecule has 0 fully saturated rings. The molecule has 1 heteroatoms. The standard InChI is InChI=1S/C8H8.C4H8O/c1-2-8-6-4-3-5-7-8;1-2-3-4-5/h2-7H,1H2;4H,2-3H2,1H3. The summed E-state index contributed by atoms with van der Waals surface area (Å²) >= 11 is 0.